The van der Waals surface area contributed by atoms with Gasteiger partial charge >= 0.3 is 5.97 Å². The summed E-state index contributed by atoms with van der Waals surface area (Å²) < 4.78 is 5.90. The lowest BCUT2D eigenvalue weighted by Gasteiger charge is -2.42. The lowest BCUT2D eigenvalue weighted by atomic mass is 9.62. The summed E-state index contributed by atoms with van der Waals surface area (Å²) in [7, 11) is 0. The molecule has 2 unspecified atom stereocenters. The van der Waals surface area contributed by atoms with E-state index in [0.29, 0.717) is 31.1 Å². The maximum atomic E-state index is 12.8. The summed E-state index contributed by atoms with van der Waals surface area (Å²) >= 11 is 0. The van der Waals surface area contributed by atoms with Gasteiger partial charge in [-0.2, -0.15) is 0 Å². The Morgan fingerprint density at radius 1 is 1.02 bits per heavy atom. The zero-order valence-corrected chi connectivity index (χ0v) is 32.4. The molecule has 0 aromatic rings. The fourth-order valence-corrected chi connectivity index (χ4v) is 8.74. The number of ether oxygens (including phenoxy) is 1. The van der Waals surface area contributed by atoms with E-state index in [1.807, 2.05) is 13.8 Å². The molecule has 2 N–H and O–H groups in total. The van der Waals surface area contributed by atoms with Gasteiger partial charge in [-0.1, -0.05) is 127 Å². The molecule has 278 valence electrons. The summed E-state index contributed by atoms with van der Waals surface area (Å²) in [5.41, 5.74) is 4.58. The quantitative estimate of drug-likeness (QED) is 0.0679. The predicted octanol–water partition coefficient (Wildman–Crippen LogP) is 12.2. The van der Waals surface area contributed by atoms with E-state index in [0.717, 1.165) is 62.5 Å². The number of carbonyl (C=O) groups excluding carboxylic acids is 1. The van der Waals surface area contributed by atoms with Crippen LogP contribution in [0.25, 0.3) is 0 Å². The van der Waals surface area contributed by atoms with E-state index >= 15 is 0 Å². The standard InChI is InChI=1S/C45H74O4/c1-7-8-9-10-11-12-13-14-15-16-17-18-19-20-21-26-43(47)49-42-34-39(46)33-38(36(42)3)28-27-37-25-23-32-45(6)40(29-30-41(37)45)35(2)24-22-31-44(4,5)48/h14-15,27-29,35,39,41-42,46,48H,3,7-13,16-26,30-34H2,1-2,4-6H3/b15-14+,37-27+,38-28-/t35-,39-,41?,42-,45?/m0/s1. The van der Waals surface area contributed by atoms with E-state index in [4.69, 9.17) is 4.74 Å². The van der Waals surface area contributed by atoms with E-state index in [2.05, 4.69) is 57.7 Å². The van der Waals surface area contributed by atoms with Gasteiger partial charge in [-0.15, -0.1) is 0 Å². The number of fused-ring (bicyclic) bond motifs is 1. The highest BCUT2D eigenvalue weighted by atomic mass is 16.5. The highest BCUT2D eigenvalue weighted by Crippen LogP contribution is 2.57. The molecule has 0 amide bonds. The minimum absolute atomic E-state index is 0.167. The molecule has 2 saturated carbocycles. The Bertz CT molecular complexity index is 1130. The normalized spacial score (nSPS) is 26.8. The Kier molecular flexibility index (Phi) is 18.2. The van der Waals surface area contributed by atoms with Crippen molar-refractivity contribution in [2.24, 2.45) is 17.3 Å². The third kappa shape index (κ3) is 14.3. The average Bonchev–Trinajstić information content (AvgIpc) is 3.40. The molecular weight excluding hydrogens is 604 g/mol. The van der Waals surface area contributed by atoms with Crippen LogP contribution in [0.1, 0.15) is 182 Å². The molecule has 3 aliphatic rings. The van der Waals surface area contributed by atoms with Crippen LogP contribution in [0.4, 0.5) is 0 Å². The van der Waals surface area contributed by atoms with Gasteiger partial charge in [0, 0.05) is 12.8 Å². The van der Waals surface area contributed by atoms with Gasteiger partial charge in [0.2, 0.25) is 0 Å². The van der Waals surface area contributed by atoms with Crippen molar-refractivity contribution in [1.29, 1.82) is 0 Å². The van der Waals surface area contributed by atoms with Crippen molar-refractivity contribution in [2.45, 2.75) is 200 Å². The number of unbranched alkanes of at least 4 members (excludes halogenated alkanes) is 11. The van der Waals surface area contributed by atoms with Gasteiger partial charge in [0.1, 0.15) is 6.10 Å². The molecule has 3 rings (SSSR count). The summed E-state index contributed by atoms with van der Waals surface area (Å²) in [6.45, 7) is 15.3. The summed E-state index contributed by atoms with van der Waals surface area (Å²) in [6.07, 6.45) is 35.9. The monoisotopic (exact) mass is 679 g/mol. The lowest BCUT2D eigenvalue weighted by molar-refractivity contribution is -0.149. The number of esters is 1. The van der Waals surface area contributed by atoms with Crippen LogP contribution >= 0.6 is 0 Å². The van der Waals surface area contributed by atoms with Crippen molar-refractivity contribution >= 4 is 5.97 Å². The molecule has 0 heterocycles. The van der Waals surface area contributed by atoms with Gasteiger partial charge in [0.25, 0.3) is 0 Å². The molecule has 5 atom stereocenters. The molecule has 49 heavy (non-hydrogen) atoms. The number of rotatable bonds is 22. The van der Waals surface area contributed by atoms with Crippen molar-refractivity contribution in [2.75, 3.05) is 0 Å². The Hall–Kier alpha value is -1.91. The lowest BCUT2D eigenvalue weighted by Crippen LogP contribution is -2.33. The number of aliphatic hydroxyl groups excluding tert-OH is 1. The van der Waals surface area contributed by atoms with Crippen LogP contribution in [0.15, 0.2) is 59.3 Å². The second-order valence-corrected chi connectivity index (χ2v) is 16.7. The molecule has 0 spiro atoms. The van der Waals surface area contributed by atoms with E-state index in [1.165, 1.54) is 82.6 Å². The summed E-state index contributed by atoms with van der Waals surface area (Å²) in [6, 6.07) is 0. The summed E-state index contributed by atoms with van der Waals surface area (Å²) in [5.74, 6) is 0.886. The Labute approximate surface area is 301 Å². The van der Waals surface area contributed by atoms with Crippen LogP contribution in [0.3, 0.4) is 0 Å². The molecular formula is C45H74O4. The molecule has 0 aromatic heterocycles. The van der Waals surface area contributed by atoms with E-state index in [9.17, 15) is 15.0 Å². The van der Waals surface area contributed by atoms with Crippen LogP contribution in [0.5, 0.6) is 0 Å². The van der Waals surface area contributed by atoms with E-state index in [-0.39, 0.29) is 11.4 Å². The molecule has 0 aliphatic heterocycles. The SMILES string of the molecule is C=C1/C(=C\C=C2/CCCC3(C)C([C@@H](C)CCCC(C)(C)O)=CCC23)C[C@H](O)C[C@@H]1OC(=O)CCCCCCC/C=C/CCCCCCCC. The molecule has 3 aliphatic carbocycles. The number of carbonyl (C=O) groups is 1. The second-order valence-electron chi connectivity index (χ2n) is 16.7. The van der Waals surface area contributed by atoms with E-state index < -0.39 is 17.8 Å². The maximum Gasteiger partial charge on any atom is 0.306 e. The topological polar surface area (TPSA) is 66.8 Å². The fourth-order valence-electron chi connectivity index (χ4n) is 8.74. The van der Waals surface area contributed by atoms with Crippen LogP contribution < -0.4 is 0 Å². The molecule has 2 fully saturated rings. The van der Waals surface area contributed by atoms with Crippen LogP contribution in [-0.2, 0) is 9.53 Å². The van der Waals surface area contributed by atoms with Crippen molar-refractivity contribution in [3.05, 3.63) is 59.3 Å². The van der Waals surface area contributed by atoms with Crippen LogP contribution in [0, 0.1) is 17.3 Å². The third-order valence-electron chi connectivity index (χ3n) is 11.7. The van der Waals surface area contributed by atoms with Gasteiger partial charge in [-0.25, -0.2) is 0 Å². The van der Waals surface area contributed by atoms with Crippen molar-refractivity contribution < 1.29 is 19.7 Å². The fraction of sp³-hybridized carbons (Fsp3) is 0.756. The molecule has 4 nitrogen and oxygen atoms in total. The van der Waals surface area contributed by atoms with Gasteiger partial charge < -0.3 is 14.9 Å². The highest BCUT2D eigenvalue weighted by molar-refractivity contribution is 5.70. The number of allylic oxidation sites excluding steroid dienone is 7. The smallest absolute Gasteiger partial charge is 0.306 e. The first-order valence-corrected chi connectivity index (χ1v) is 20.5. The Morgan fingerprint density at radius 2 is 1.67 bits per heavy atom. The van der Waals surface area contributed by atoms with Crippen LogP contribution in [-0.4, -0.2) is 34.0 Å². The van der Waals surface area contributed by atoms with Gasteiger partial charge in [0.05, 0.1) is 11.7 Å². The van der Waals surface area contributed by atoms with Crippen molar-refractivity contribution in [3.63, 3.8) is 0 Å². The zero-order valence-electron chi connectivity index (χ0n) is 32.4. The van der Waals surface area contributed by atoms with Crippen LogP contribution in [0.2, 0.25) is 0 Å². The molecule has 0 radical (unpaired) electrons. The highest BCUT2D eigenvalue weighted by Gasteiger charge is 2.46. The molecule has 0 saturated heterocycles. The Balaban J connectivity index is 1.39. The number of hydrogen-bond acceptors (Lipinski definition) is 4. The summed E-state index contributed by atoms with van der Waals surface area (Å²) in [4.78, 5) is 12.8. The molecule has 4 heteroatoms. The van der Waals surface area contributed by atoms with Crippen molar-refractivity contribution in [3.8, 4) is 0 Å². The molecule has 0 aromatic carbocycles. The van der Waals surface area contributed by atoms with Crippen molar-refractivity contribution in [1.82, 2.24) is 0 Å². The summed E-state index contributed by atoms with van der Waals surface area (Å²) in [5, 5.41) is 20.9. The largest absolute Gasteiger partial charge is 0.457 e. The van der Waals surface area contributed by atoms with E-state index in [1.54, 1.807) is 5.57 Å². The molecule has 0 bridgehead atoms. The second kappa shape index (κ2) is 21.5. The van der Waals surface area contributed by atoms with Gasteiger partial charge in [-0.05, 0) is 119 Å². The Morgan fingerprint density at radius 3 is 2.35 bits per heavy atom. The minimum Gasteiger partial charge on any atom is -0.457 e. The number of aliphatic hydroxyl groups is 2. The first kappa shape index (κ1) is 41.5. The number of hydrogen-bond donors (Lipinski definition) is 2. The first-order valence-electron chi connectivity index (χ1n) is 20.5. The van der Waals surface area contributed by atoms with Gasteiger partial charge in [0.15, 0.2) is 0 Å². The first-order chi connectivity index (χ1) is 23.4. The maximum absolute atomic E-state index is 12.8. The minimum atomic E-state index is -0.595. The predicted molar refractivity (Wildman–Crippen MR) is 207 cm³/mol. The zero-order chi connectivity index (χ0) is 35.7. The van der Waals surface area contributed by atoms with Gasteiger partial charge in [-0.3, -0.25) is 4.79 Å². The third-order valence-corrected chi connectivity index (χ3v) is 11.7. The average molecular weight is 679 g/mol.